The molecule has 3 amide bonds. The number of halogens is 1. The fourth-order valence-electron chi connectivity index (χ4n) is 7.05. The van der Waals surface area contributed by atoms with Crippen LogP contribution in [-0.2, 0) is 25.7 Å². The smallest absolute Gasteiger partial charge is 0.246 e. The van der Waals surface area contributed by atoms with E-state index in [1.54, 1.807) is 29.2 Å². The number of carbonyl (C=O) groups excluding carboxylic acids is 3. The fourth-order valence-corrected chi connectivity index (χ4v) is 7.17. The summed E-state index contributed by atoms with van der Waals surface area (Å²) in [5.74, 6) is -2.20. The lowest BCUT2D eigenvalue weighted by Gasteiger charge is -2.34. The second-order valence-corrected chi connectivity index (χ2v) is 12.2. The molecule has 1 aliphatic carbocycles. The summed E-state index contributed by atoms with van der Waals surface area (Å²) in [5.41, 5.74) is 0.603. The number of anilines is 1. The number of hydrogen-bond donors (Lipinski definition) is 2. The van der Waals surface area contributed by atoms with Gasteiger partial charge in [0, 0.05) is 36.4 Å². The van der Waals surface area contributed by atoms with Gasteiger partial charge in [0.15, 0.2) is 0 Å². The third-order valence-electron chi connectivity index (χ3n) is 9.01. The Labute approximate surface area is 246 Å². The molecule has 0 unspecified atom stereocenters. The number of nitrogens with zero attached hydrogens (tertiary/aromatic N) is 2. The average molecular weight is 577 g/mol. The normalized spacial score (nSPS) is 28.8. The second kappa shape index (κ2) is 11.6. The molecule has 6 rings (SSSR count). The van der Waals surface area contributed by atoms with Crippen molar-refractivity contribution in [3.8, 4) is 0 Å². The minimum absolute atomic E-state index is 0.0935. The standard InChI is InChI=1S/C32H37ClN4O4/c1-36(20-21-8-4-2-5-9-21)18-19-37-28(30(39)35-23-10-6-3-7-11-23)32-17-16-25(41-32)26(27(32)31(37)40)29(38)34-24-14-12-22(33)13-15-24/h2,4-5,8-9,12-17,23,25-28H,3,6-7,10-11,18-20H2,1H3,(H,34,38)(H,35,39)/t25-,26-,27-,28+,32-/m0/s1. The van der Waals surface area contributed by atoms with Crippen molar-refractivity contribution in [1.82, 2.24) is 15.1 Å². The summed E-state index contributed by atoms with van der Waals surface area (Å²) in [6, 6.07) is 16.3. The molecule has 2 bridgehead atoms. The number of hydrogen-bond acceptors (Lipinski definition) is 5. The monoisotopic (exact) mass is 576 g/mol. The molecule has 4 aliphatic rings. The molecule has 2 aromatic rings. The maximum Gasteiger partial charge on any atom is 0.246 e. The van der Waals surface area contributed by atoms with Gasteiger partial charge in [-0.3, -0.25) is 14.4 Å². The van der Waals surface area contributed by atoms with Crippen LogP contribution >= 0.6 is 11.6 Å². The molecule has 1 saturated carbocycles. The van der Waals surface area contributed by atoms with E-state index in [1.165, 1.54) is 12.0 Å². The van der Waals surface area contributed by atoms with E-state index in [0.29, 0.717) is 23.8 Å². The number of likely N-dealkylation sites (tertiary alicyclic amines) is 1. The first kappa shape index (κ1) is 27.9. The summed E-state index contributed by atoms with van der Waals surface area (Å²) in [4.78, 5) is 45.6. The van der Waals surface area contributed by atoms with Crippen LogP contribution in [0.25, 0.3) is 0 Å². The summed E-state index contributed by atoms with van der Waals surface area (Å²) in [5, 5.41) is 6.75. The van der Waals surface area contributed by atoms with Crippen LogP contribution in [0, 0.1) is 11.8 Å². The fraction of sp³-hybridized carbons (Fsp3) is 0.469. The SMILES string of the molecule is CN(CCN1C(=O)[C@@H]2[C@@H](C(=O)Nc3ccc(Cl)cc3)[C@@H]3C=C[C@@]2(O3)[C@H]1C(=O)NC1CCCCC1)Cc1ccccc1. The molecule has 8 nitrogen and oxygen atoms in total. The number of fused-ring (bicyclic) bond motifs is 1. The predicted octanol–water partition coefficient (Wildman–Crippen LogP) is 4.01. The lowest BCUT2D eigenvalue weighted by atomic mass is 9.74. The van der Waals surface area contributed by atoms with Crippen molar-refractivity contribution in [2.75, 3.05) is 25.5 Å². The Kier molecular flexibility index (Phi) is 7.90. The number of benzene rings is 2. The Balaban J connectivity index is 1.24. The molecule has 3 heterocycles. The molecule has 3 aliphatic heterocycles. The molecule has 5 atom stereocenters. The average Bonchev–Trinajstić information content (AvgIpc) is 3.61. The van der Waals surface area contributed by atoms with Crippen LogP contribution in [0.5, 0.6) is 0 Å². The molecule has 9 heteroatoms. The number of likely N-dealkylation sites (N-methyl/N-ethyl adjacent to an activating group) is 1. The highest BCUT2D eigenvalue weighted by molar-refractivity contribution is 6.30. The van der Waals surface area contributed by atoms with Gasteiger partial charge in [-0.1, -0.05) is 73.3 Å². The Hall–Kier alpha value is -3.20. The molecule has 0 aromatic heterocycles. The lowest BCUT2D eigenvalue weighted by molar-refractivity contribution is -0.141. The summed E-state index contributed by atoms with van der Waals surface area (Å²) < 4.78 is 6.47. The van der Waals surface area contributed by atoms with Crippen LogP contribution in [-0.4, -0.2) is 71.4 Å². The van der Waals surface area contributed by atoms with Crippen molar-refractivity contribution < 1.29 is 19.1 Å². The number of ether oxygens (including phenoxy) is 1. The van der Waals surface area contributed by atoms with Crippen LogP contribution < -0.4 is 10.6 Å². The molecular formula is C32H37ClN4O4. The quantitative estimate of drug-likeness (QED) is 0.440. The first-order valence-corrected chi connectivity index (χ1v) is 15.0. The van der Waals surface area contributed by atoms with Crippen LogP contribution in [0.2, 0.25) is 5.02 Å². The second-order valence-electron chi connectivity index (χ2n) is 11.8. The van der Waals surface area contributed by atoms with E-state index in [0.717, 1.165) is 32.2 Å². The molecule has 2 N–H and O–H groups in total. The minimum Gasteiger partial charge on any atom is -0.359 e. The number of amides is 3. The van der Waals surface area contributed by atoms with Crippen molar-refractivity contribution in [3.05, 3.63) is 77.3 Å². The van der Waals surface area contributed by atoms with Gasteiger partial charge in [0.1, 0.15) is 11.6 Å². The summed E-state index contributed by atoms with van der Waals surface area (Å²) in [6.45, 7) is 1.66. The minimum atomic E-state index is -1.17. The Morgan fingerprint density at radius 2 is 1.78 bits per heavy atom. The van der Waals surface area contributed by atoms with Crippen LogP contribution in [0.1, 0.15) is 37.7 Å². The van der Waals surface area contributed by atoms with E-state index in [4.69, 9.17) is 16.3 Å². The number of carbonyl (C=O) groups is 3. The van der Waals surface area contributed by atoms with Gasteiger partial charge >= 0.3 is 0 Å². The molecule has 3 fully saturated rings. The van der Waals surface area contributed by atoms with Crippen LogP contribution in [0.3, 0.4) is 0 Å². The zero-order valence-corrected chi connectivity index (χ0v) is 24.1. The number of nitrogens with one attached hydrogen (secondary N) is 2. The van der Waals surface area contributed by atoms with Crippen molar-refractivity contribution >= 4 is 35.0 Å². The topological polar surface area (TPSA) is 91.0 Å². The molecule has 41 heavy (non-hydrogen) atoms. The molecule has 1 spiro atoms. The van der Waals surface area contributed by atoms with E-state index in [-0.39, 0.29) is 23.8 Å². The maximum atomic E-state index is 14.2. The van der Waals surface area contributed by atoms with Crippen molar-refractivity contribution in [2.45, 2.75) is 62.4 Å². The molecule has 2 saturated heterocycles. The van der Waals surface area contributed by atoms with Crippen molar-refractivity contribution in [1.29, 1.82) is 0 Å². The summed E-state index contributed by atoms with van der Waals surface area (Å²) >= 11 is 6.01. The van der Waals surface area contributed by atoms with Gasteiger partial charge in [-0.15, -0.1) is 0 Å². The summed E-state index contributed by atoms with van der Waals surface area (Å²) in [6.07, 6.45) is 8.38. The van der Waals surface area contributed by atoms with Gasteiger partial charge in [-0.2, -0.15) is 0 Å². The van der Waals surface area contributed by atoms with E-state index < -0.39 is 29.6 Å². The molecule has 216 valence electrons. The largest absolute Gasteiger partial charge is 0.359 e. The van der Waals surface area contributed by atoms with Gasteiger partial charge < -0.3 is 25.2 Å². The maximum absolute atomic E-state index is 14.2. The Morgan fingerprint density at radius 1 is 1.05 bits per heavy atom. The zero-order chi connectivity index (χ0) is 28.6. The van der Waals surface area contributed by atoms with Gasteiger partial charge in [0.25, 0.3) is 0 Å². The molecule has 2 aromatic carbocycles. The molecular weight excluding hydrogens is 540 g/mol. The van der Waals surface area contributed by atoms with E-state index in [2.05, 4.69) is 27.7 Å². The van der Waals surface area contributed by atoms with E-state index in [1.807, 2.05) is 37.4 Å². The van der Waals surface area contributed by atoms with Crippen molar-refractivity contribution in [2.24, 2.45) is 11.8 Å². The van der Waals surface area contributed by atoms with Gasteiger partial charge in [0.2, 0.25) is 17.7 Å². The van der Waals surface area contributed by atoms with E-state index in [9.17, 15) is 14.4 Å². The zero-order valence-electron chi connectivity index (χ0n) is 23.3. The highest BCUT2D eigenvalue weighted by atomic mass is 35.5. The highest BCUT2D eigenvalue weighted by Gasteiger charge is 2.72. The molecule has 0 radical (unpaired) electrons. The van der Waals surface area contributed by atoms with E-state index >= 15 is 0 Å². The van der Waals surface area contributed by atoms with Gasteiger partial charge in [-0.25, -0.2) is 0 Å². The first-order valence-electron chi connectivity index (χ1n) is 14.6. The Bertz CT molecular complexity index is 1310. The van der Waals surface area contributed by atoms with Crippen molar-refractivity contribution in [3.63, 3.8) is 0 Å². The Morgan fingerprint density at radius 3 is 2.51 bits per heavy atom. The first-order chi connectivity index (χ1) is 19.9. The summed E-state index contributed by atoms with van der Waals surface area (Å²) in [7, 11) is 2.01. The van der Waals surface area contributed by atoms with Gasteiger partial charge in [-0.05, 0) is 49.7 Å². The highest BCUT2D eigenvalue weighted by Crippen LogP contribution is 2.55. The third kappa shape index (κ3) is 5.41. The van der Waals surface area contributed by atoms with Crippen LogP contribution in [0.15, 0.2) is 66.7 Å². The predicted molar refractivity (Wildman–Crippen MR) is 157 cm³/mol. The number of rotatable bonds is 9. The van der Waals surface area contributed by atoms with Gasteiger partial charge in [0.05, 0.1) is 17.9 Å². The third-order valence-corrected chi connectivity index (χ3v) is 9.26. The lowest BCUT2D eigenvalue weighted by Crippen LogP contribution is -2.57. The van der Waals surface area contributed by atoms with Crippen LogP contribution in [0.4, 0.5) is 5.69 Å².